The summed E-state index contributed by atoms with van der Waals surface area (Å²) in [6.45, 7) is 7.11. The van der Waals surface area contributed by atoms with E-state index in [1.807, 2.05) is 39.0 Å². The Balaban J connectivity index is 1.92. The highest BCUT2D eigenvalue weighted by atomic mass is 79.9. The number of carbonyl (C=O) groups excluding carboxylic acids is 2. The maximum Gasteiger partial charge on any atom is 0.262 e. The number of benzene rings is 2. The Labute approximate surface area is 162 Å². The Kier molecular flexibility index (Phi) is 7.21. The monoisotopic (exact) mass is 418 g/mol. The third-order valence-corrected chi connectivity index (χ3v) is 4.53. The molecule has 26 heavy (non-hydrogen) atoms. The lowest BCUT2D eigenvalue weighted by molar-refractivity contribution is -0.118. The van der Waals surface area contributed by atoms with Gasteiger partial charge in [-0.15, -0.1) is 0 Å². The van der Waals surface area contributed by atoms with E-state index in [2.05, 4.69) is 21.2 Å². The fourth-order valence-corrected chi connectivity index (χ4v) is 3.06. The molecule has 0 aromatic heterocycles. The van der Waals surface area contributed by atoms with E-state index in [0.717, 1.165) is 10.0 Å². The number of rotatable bonds is 7. The van der Waals surface area contributed by atoms with Gasteiger partial charge in [0, 0.05) is 24.3 Å². The van der Waals surface area contributed by atoms with Crippen LogP contribution in [-0.4, -0.2) is 36.4 Å². The van der Waals surface area contributed by atoms with Gasteiger partial charge in [-0.25, -0.2) is 0 Å². The molecule has 0 unspecified atom stereocenters. The molecule has 0 saturated heterocycles. The Bertz CT molecular complexity index is 771. The second-order valence-electron chi connectivity index (χ2n) is 5.83. The van der Waals surface area contributed by atoms with E-state index in [4.69, 9.17) is 4.74 Å². The van der Waals surface area contributed by atoms with Crippen molar-refractivity contribution in [3.05, 3.63) is 58.1 Å². The van der Waals surface area contributed by atoms with Gasteiger partial charge in [0.05, 0.1) is 4.47 Å². The Morgan fingerprint density at radius 2 is 1.73 bits per heavy atom. The molecule has 2 aromatic rings. The number of amides is 2. The van der Waals surface area contributed by atoms with Gasteiger partial charge in [-0.2, -0.15) is 0 Å². The summed E-state index contributed by atoms with van der Waals surface area (Å²) in [4.78, 5) is 26.1. The Morgan fingerprint density at radius 3 is 2.31 bits per heavy atom. The van der Waals surface area contributed by atoms with Crippen molar-refractivity contribution < 1.29 is 14.3 Å². The summed E-state index contributed by atoms with van der Waals surface area (Å²) in [5, 5.41) is 2.76. The molecule has 0 aliphatic rings. The first kappa shape index (κ1) is 20.0. The van der Waals surface area contributed by atoms with Crippen LogP contribution < -0.4 is 10.1 Å². The third-order valence-electron chi connectivity index (χ3n) is 3.91. The summed E-state index contributed by atoms with van der Waals surface area (Å²) in [5.74, 6) is 0.339. The summed E-state index contributed by atoms with van der Waals surface area (Å²) >= 11 is 3.42. The minimum absolute atomic E-state index is 0.0135. The number of ether oxygens (including phenoxy) is 1. The molecule has 0 bridgehead atoms. The lowest BCUT2D eigenvalue weighted by atomic mass is 10.2. The minimum Gasteiger partial charge on any atom is -0.483 e. The Hall–Kier alpha value is -2.34. The van der Waals surface area contributed by atoms with Gasteiger partial charge in [-0.1, -0.05) is 6.07 Å². The lowest BCUT2D eigenvalue weighted by Crippen LogP contribution is -2.30. The highest BCUT2D eigenvalue weighted by molar-refractivity contribution is 9.10. The third kappa shape index (κ3) is 5.33. The van der Waals surface area contributed by atoms with Gasteiger partial charge in [0.1, 0.15) is 5.75 Å². The van der Waals surface area contributed by atoms with E-state index in [-0.39, 0.29) is 18.4 Å². The summed E-state index contributed by atoms with van der Waals surface area (Å²) < 4.78 is 6.34. The van der Waals surface area contributed by atoms with Crippen molar-refractivity contribution in [3.8, 4) is 5.75 Å². The lowest BCUT2D eigenvalue weighted by Gasteiger charge is -2.18. The molecule has 0 spiro atoms. The van der Waals surface area contributed by atoms with E-state index in [1.165, 1.54) is 0 Å². The largest absolute Gasteiger partial charge is 0.483 e. The number of hydrogen-bond acceptors (Lipinski definition) is 3. The molecular weight excluding hydrogens is 396 g/mol. The van der Waals surface area contributed by atoms with Crippen LogP contribution >= 0.6 is 15.9 Å². The van der Waals surface area contributed by atoms with E-state index in [9.17, 15) is 9.59 Å². The first-order valence-electron chi connectivity index (χ1n) is 8.52. The van der Waals surface area contributed by atoms with Gasteiger partial charge in [0.2, 0.25) is 0 Å². The minimum atomic E-state index is -0.264. The topological polar surface area (TPSA) is 58.6 Å². The number of halogens is 1. The number of anilines is 1. The molecule has 0 saturated carbocycles. The van der Waals surface area contributed by atoms with Crippen molar-refractivity contribution in [3.63, 3.8) is 0 Å². The van der Waals surface area contributed by atoms with Gasteiger partial charge in [0.15, 0.2) is 6.61 Å². The van der Waals surface area contributed by atoms with Gasteiger partial charge >= 0.3 is 0 Å². The van der Waals surface area contributed by atoms with Crippen LogP contribution in [0.2, 0.25) is 0 Å². The molecule has 0 fully saturated rings. The summed E-state index contributed by atoms with van der Waals surface area (Å²) in [6, 6.07) is 12.5. The van der Waals surface area contributed by atoms with Crippen LogP contribution in [0.25, 0.3) is 0 Å². The SMILES string of the molecule is CCN(CC)C(=O)c1ccc(NC(=O)COc2ccc(C)cc2Br)cc1. The predicted molar refractivity (Wildman–Crippen MR) is 107 cm³/mol. The molecule has 2 amide bonds. The van der Waals surface area contributed by atoms with E-state index in [1.54, 1.807) is 29.2 Å². The van der Waals surface area contributed by atoms with Crippen molar-refractivity contribution in [1.82, 2.24) is 4.90 Å². The van der Waals surface area contributed by atoms with Crippen LogP contribution in [0.5, 0.6) is 5.75 Å². The quantitative estimate of drug-likeness (QED) is 0.730. The number of nitrogens with zero attached hydrogens (tertiary/aromatic N) is 1. The standard InChI is InChI=1S/C20H23BrN2O3/c1-4-23(5-2)20(25)15-7-9-16(10-8-15)22-19(24)13-26-18-11-6-14(3)12-17(18)21/h6-12H,4-5,13H2,1-3H3,(H,22,24). The summed E-state index contributed by atoms with van der Waals surface area (Å²) in [6.07, 6.45) is 0. The molecule has 0 atom stereocenters. The van der Waals surface area contributed by atoms with Crippen LogP contribution in [-0.2, 0) is 4.79 Å². The number of aryl methyl sites for hydroxylation is 1. The van der Waals surface area contributed by atoms with Crippen molar-refractivity contribution in [2.24, 2.45) is 0 Å². The molecule has 2 aromatic carbocycles. The zero-order chi connectivity index (χ0) is 19.1. The molecule has 0 heterocycles. The summed E-state index contributed by atoms with van der Waals surface area (Å²) in [5.41, 5.74) is 2.33. The molecular formula is C20H23BrN2O3. The Morgan fingerprint density at radius 1 is 1.08 bits per heavy atom. The van der Waals surface area contributed by atoms with Gasteiger partial charge in [-0.05, 0) is 78.7 Å². The zero-order valence-electron chi connectivity index (χ0n) is 15.2. The number of carbonyl (C=O) groups is 2. The maximum atomic E-state index is 12.3. The van der Waals surface area contributed by atoms with Gasteiger partial charge < -0.3 is 15.0 Å². The molecule has 6 heteroatoms. The number of hydrogen-bond donors (Lipinski definition) is 1. The number of nitrogens with one attached hydrogen (secondary N) is 1. The molecule has 0 radical (unpaired) electrons. The molecule has 0 aliphatic carbocycles. The van der Waals surface area contributed by atoms with Gasteiger partial charge in [0.25, 0.3) is 11.8 Å². The average molecular weight is 419 g/mol. The zero-order valence-corrected chi connectivity index (χ0v) is 16.8. The molecule has 5 nitrogen and oxygen atoms in total. The van der Waals surface area contributed by atoms with Crippen LogP contribution in [0, 0.1) is 6.92 Å². The van der Waals surface area contributed by atoms with Crippen molar-refractivity contribution in [1.29, 1.82) is 0 Å². The van der Waals surface area contributed by atoms with Crippen molar-refractivity contribution in [2.45, 2.75) is 20.8 Å². The second-order valence-corrected chi connectivity index (χ2v) is 6.68. The molecule has 0 aliphatic heterocycles. The van der Waals surface area contributed by atoms with Gasteiger partial charge in [-0.3, -0.25) is 9.59 Å². The fourth-order valence-electron chi connectivity index (χ4n) is 2.45. The van der Waals surface area contributed by atoms with E-state index in [0.29, 0.717) is 30.1 Å². The van der Waals surface area contributed by atoms with E-state index < -0.39 is 0 Å². The predicted octanol–water partition coefficient (Wildman–Crippen LogP) is 4.26. The van der Waals surface area contributed by atoms with Crippen LogP contribution in [0.15, 0.2) is 46.9 Å². The highest BCUT2D eigenvalue weighted by Gasteiger charge is 2.12. The normalized spacial score (nSPS) is 10.3. The second kappa shape index (κ2) is 9.38. The average Bonchev–Trinajstić information content (AvgIpc) is 2.62. The first-order chi connectivity index (χ1) is 12.4. The summed E-state index contributed by atoms with van der Waals surface area (Å²) in [7, 11) is 0. The smallest absolute Gasteiger partial charge is 0.262 e. The van der Waals surface area contributed by atoms with E-state index >= 15 is 0 Å². The van der Waals surface area contributed by atoms with Crippen LogP contribution in [0.3, 0.4) is 0 Å². The first-order valence-corrected chi connectivity index (χ1v) is 9.32. The molecule has 2 rings (SSSR count). The molecule has 138 valence electrons. The fraction of sp³-hybridized carbons (Fsp3) is 0.300. The van der Waals surface area contributed by atoms with Crippen LogP contribution in [0.4, 0.5) is 5.69 Å². The van der Waals surface area contributed by atoms with Crippen molar-refractivity contribution in [2.75, 3.05) is 25.0 Å². The maximum absolute atomic E-state index is 12.3. The van der Waals surface area contributed by atoms with Crippen LogP contribution in [0.1, 0.15) is 29.8 Å². The molecule has 1 N–H and O–H groups in total. The highest BCUT2D eigenvalue weighted by Crippen LogP contribution is 2.25. The van der Waals surface area contributed by atoms with Crippen molar-refractivity contribution >= 4 is 33.4 Å².